The smallest absolute Gasteiger partial charge is 0.243 e. The molecule has 2 aromatic rings. The van der Waals surface area contributed by atoms with Gasteiger partial charge in [-0.25, -0.2) is 4.99 Å². The van der Waals surface area contributed by atoms with E-state index in [1.165, 1.54) is 77.0 Å². The number of likely N-dealkylation sites (tertiary alicyclic amines) is 1. The average molecular weight is 693 g/mol. The molecule has 8 atom stereocenters. The van der Waals surface area contributed by atoms with Crippen LogP contribution >= 0.6 is 0 Å². The first-order valence-corrected chi connectivity index (χ1v) is 20.7. The van der Waals surface area contributed by atoms with Gasteiger partial charge in [-0.3, -0.25) is 9.59 Å². The van der Waals surface area contributed by atoms with Gasteiger partial charge in [-0.05, 0) is 87.2 Å². The maximum absolute atomic E-state index is 15.0. The van der Waals surface area contributed by atoms with Crippen molar-refractivity contribution in [1.29, 1.82) is 0 Å². The van der Waals surface area contributed by atoms with Gasteiger partial charge in [0.2, 0.25) is 11.8 Å². The van der Waals surface area contributed by atoms with Crippen LogP contribution in [0.2, 0.25) is 0 Å². The number of carbonyl (C=O) groups is 2. The highest BCUT2D eigenvalue weighted by Gasteiger charge is 2.49. The summed E-state index contributed by atoms with van der Waals surface area (Å²) in [6.45, 7) is 0. The third-order valence-corrected chi connectivity index (χ3v) is 13.4. The Morgan fingerprint density at radius 3 is 1.92 bits per heavy atom. The third kappa shape index (κ3) is 7.86. The molecule has 0 aromatic heterocycles. The molecular formula is C43H60N6O2. The van der Waals surface area contributed by atoms with Gasteiger partial charge in [0.05, 0.1) is 24.2 Å². The van der Waals surface area contributed by atoms with Crippen LogP contribution in [0.15, 0.2) is 65.7 Å². The molecule has 8 heteroatoms. The van der Waals surface area contributed by atoms with Gasteiger partial charge < -0.3 is 26.2 Å². The molecule has 2 saturated heterocycles. The maximum Gasteiger partial charge on any atom is 0.243 e. The summed E-state index contributed by atoms with van der Waals surface area (Å²) in [5, 5.41) is 14.7. The fraction of sp³-hybridized carbons (Fsp3) is 0.651. The predicted octanol–water partition coefficient (Wildman–Crippen LogP) is 7.09. The highest BCUT2D eigenvalue weighted by Crippen LogP contribution is 2.43. The van der Waals surface area contributed by atoms with Gasteiger partial charge >= 0.3 is 0 Å². The van der Waals surface area contributed by atoms with Crippen LogP contribution in [0.1, 0.15) is 139 Å². The molecule has 6 aliphatic rings. The van der Waals surface area contributed by atoms with E-state index in [4.69, 9.17) is 4.99 Å². The van der Waals surface area contributed by atoms with Crippen LogP contribution in [-0.4, -0.2) is 58.9 Å². The van der Waals surface area contributed by atoms with Gasteiger partial charge in [0.15, 0.2) is 5.96 Å². The quantitative estimate of drug-likeness (QED) is 0.166. The first-order chi connectivity index (χ1) is 25.1. The van der Waals surface area contributed by atoms with Gasteiger partial charge in [0.1, 0.15) is 6.04 Å². The molecule has 0 radical (unpaired) electrons. The molecule has 0 bridgehead atoms. The lowest BCUT2D eigenvalue weighted by atomic mass is 9.92. The third-order valence-electron chi connectivity index (χ3n) is 13.4. The number of nitrogens with zero attached hydrogens (tertiary/aromatic N) is 2. The van der Waals surface area contributed by atoms with Crippen LogP contribution in [0.5, 0.6) is 0 Å². The highest BCUT2D eigenvalue weighted by atomic mass is 16.2. The van der Waals surface area contributed by atoms with Crippen molar-refractivity contribution < 1.29 is 9.59 Å². The van der Waals surface area contributed by atoms with Crippen LogP contribution in [0.3, 0.4) is 0 Å². The summed E-state index contributed by atoms with van der Waals surface area (Å²) in [4.78, 5) is 37.1. The lowest BCUT2D eigenvalue weighted by Crippen LogP contribution is -2.56. The Hall–Kier alpha value is -3.39. The van der Waals surface area contributed by atoms with Crippen LogP contribution in [0.25, 0.3) is 0 Å². The number of aliphatic imine (C=N–C) groups is 1. The van der Waals surface area contributed by atoms with Crippen molar-refractivity contribution in [2.75, 3.05) is 0 Å². The molecule has 6 fully saturated rings. The number of fused-ring (bicyclic) bond motifs is 2. The number of amides is 2. The van der Waals surface area contributed by atoms with E-state index < -0.39 is 12.1 Å². The topological polar surface area (TPSA) is 97.9 Å². The number of guanidine groups is 1. The van der Waals surface area contributed by atoms with Gasteiger partial charge in [0, 0.05) is 18.1 Å². The molecule has 8 rings (SSSR count). The summed E-state index contributed by atoms with van der Waals surface area (Å²) in [5.41, 5.74) is 1.99. The highest BCUT2D eigenvalue weighted by molar-refractivity contribution is 5.91. The second-order valence-corrected chi connectivity index (χ2v) is 16.7. The van der Waals surface area contributed by atoms with Gasteiger partial charge in [-0.2, -0.15) is 0 Å². The number of hydrogen-bond donors (Lipinski definition) is 4. The molecule has 4 saturated carbocycles. The zero-order chi connectivity index (χ0) is 34.6. The fourth-order valence-corrected chi connectivity index (χ4v) is 10.7. The van der Waals surface area contributed by atoms with Crippen molar-refractivity contribution in [1.82, 2.24) is 26.2 Å². The van der Waals surface area contributed by atoms with Crippen molar-refractivity contribution in [3.63, 3.8) is 0 Å². The Bertz CT molecular complexity index is 1480. The van der Waals surface area contributed by atoms with Crippen LogP contribution in [-0.2, 0) is 9.59 Å². The number of hydrogen-bond acceptors (Lipinski definition) is 4. The van der Waals surface area contributed by atoms with E-state index >= 15 is 4.79 Å². The minimum Gasteiger partial charge on any atom is -0.353 e. The molecule has 8 nitrogen and oxygen atoms in total. The first-order valence-electron chi connectivity index (χ1n) is 20.7. The molecule has 274 valence electrons. The molecule has 0 unspecified atom stereocenters. The number of rotatable bonds is 9. The molecule has 2 amide bonds. The predicted molar refractivity (Wildman–Crippen MR) is 203 cm³/mol. The molecule has 4 N–H and O–H groups in total. The molecule has 2 heterocycles. The largest absolute Gasteiger partial charge is 0.353 e. The summed E-state index contributed by atoms with van der Waals surface area (Å²) >= 11 is 0. The van der Waals surface area contributed by atoms with Crippen molar-refractivity contribution in [3.05, 3.63) is 71.8 Å². The standard InChI is InChI=1S/C43H60N6O2/c50-41(36-27-31-19-13-25-35(31)46-36)47-39(29-15-5-1-6-16-29)40(30-17-7-2-8-18-30)48-42(51)38-28-32-20-14-26-37(32)49(38)43(44-33-21-9-3-10-22-33)45-34-23-11-4-12-24-34/h1-2,5-8,15-18,31-40,46H,3-4,9-14,19-28H2,(H,44,45)(H,47,50)(H,48,51)/t31-,32-,35-,36-,37-,38-,39-,40-/m0/s1. The normalized spacial score (nSPS) is 31.1. The van der Waals surface area contributed by atoms with Crippen LogP contribution < -0.4 is 21.3 Å². The zero-order valence-corrected chi connectivity index (χ0v) is 30.5. The fourth-order valence-electron chi connectivity index (χ4n) is 10.7. The lowest BCUT2D eigenvalue weighted by molar-refractivity contribution is -0.127. The summed E-state index contributed by atoms with van der Waals surface area (Å²) in [6.07, 6.45) is 21.1. The lowest BCUT2D eigenvalue weighted by Gasteiger charge is -2.37. The maximum atomic E-state index is 15.0. The minimum absolute atomic E-state index is 0.0315. The number of nitrogens with one attached hydrogen (secondary N) is 4. The summed E-state index contributed by atoms with van der Waals surface area (Å²) in [7, 11) is 0. The zero-order valence-electron chi connectivity index (χ0n) is 30.5. The molecule has 51 heavy (non-hydrogen) atoms. The second kappa shape index (κ2) is 16.1. The van der Waals surface area contributed by atoms with E-state index in [1.54, 1.807) is 0 Å². The van der Waals surface area contributed by atoms with Gasteiger partial charge in [-0.15, -0.1) is 0 Å². The Morgan fingerprint density at radius 2 is 1.25 bits per heavy atom. The molecular weight excluding hydrogens is 633 g/mol. The molecule has 2 aliphatic heterocycles. The van der Waals surface area contributed by atoms with Gasteiger partial charge in [-0.1, -0.05) is 112 Å². The van der Waals surface area contributed by atoms with E-state index in [9.17, 15) is 4.79 Å². The van der Waals surface area contributed by atoms with E-state index in [0.717, 1.165) is 55.6 Å². The summed E-state index contributed by atoms with van der Waals surface area (Å²) in [5.74, 6) is 2.15. The summed E-state index contributed by atoms with van der Waals surface area (Å²) in [6, 6.07) is 20.7. The summed E-state index contributed by atoms with van der Waals surface area (Å²) < 4.78 is 0. The molecule has 2 aromatic carbocycles. The van der Waals surface area contributed by atoms with Crippen molar-refractivity contribution in [3.8, 4) is 0 Å². The number of benzene rings is 2. The van der Waals surface area contributed by atoms with E-state index in [-0.39, 0.29) is 23.9 Å². The Labute approximate surface area is 305 Å². The first kappa shape index (κ1) is 34.7. The van der Waals surface area contributed by atoms with Crippen LogP contribution in [0.4, 0.5) is 0 Å². The van der Waals surface area contributed by atoms with E-state index in [0.29, 0.717) is 36.0 Å². The van der Waals surface area contributed by atoms with E-state index in [2.05, 4.69) is 50.4 Å². The average Bonchev–Trinajstić information content (AvgIpc) is 3.97. The van der Waals surface area contributed by atoms with Gasteiger partial charge in [0.25, 0.3) is 0 Å². The Kier molecular flexibility index (Phi) is 10.9. The molecule has 0 spiro atoms. The molecule has 4 aliphatic carbocycles. The van der Waals surface area contributed by atoms with Crippen molar-refractivity contribution in [2.45, 2.75) is 164 Å². The number of carbonyl (C=O) groups excluding carboxylic acids is 2. The SMILES string of the molecule is O=C(N[C@@H](c1ccccc1)[C@@H](NC(=O)[C@@H]1C[C@@H]2CCC[C@@H]2N1C(=NC1CCCCC1)NC1CCCCC1)c1ccccc1)[C@@H]1C[C@@H]2CCC[C@@H]2N1. The monoisotopic (exact) mass is 692 g/mol. The van der Waals surface area contributed by atoms with Crippen molar-refractivity contribution >= 4 is 17.8 Å². The van der Waals surface area contributed by atoms with E-state index in [1.807, 2.05) is 36.4 Å². The minimum atomic E-state index is -0.432. The Morgan fingerprint density at radius 1 is 0.647 bits per heavy atom. The van der Waals surface area contributed by atoms with Crippen LogP contribution in [0, 0.1) is 11.8 Å². The van der Waals surface area contributed by atoms with Crippen molar-refractivity contribution in [2.24, 2.45) is 16.8 Å². The second-order valence-electron chi connectivity index (χ2n) is 16.7. The Balaban J connectivity index is 1.10.